The minimum absolute atomic E-state index is 0.160. The van der Waals surface area contributed by atoms with E-state index in [0.29, 0.717) is 6.29 Å². The molecule has 2 saturated heterocycles. The van der Waals surface area contributed by atoms with Crippen molar-refractivity contribution in [3.05, 3.63) is 22.7 Å². The molecule has 11 atom stereocenters. The number of ether oxygens (including phenoxy) is 2. The number of hydrogen-bond donors (Lipinski definition) is 8. The molecule has 3 rings (SSSR count). The number of phosphoric ester groups is 1. The topological polar surface area (TPSA) is 346 Å². The maximum atomic E-state index is 12.7. The van der Waals surface area contributed by atoms with Crippen LogP contribution in [0.3, 0.4) is 0 Å². The lowest BCUT2D eigenvalue weighted by Gasteiger charge is -2.50. The number of carbonyl (C=O) groups is 3. The summed E-state index contributed by atoms with van der Waals surface area (Å²) in [5, 5.41) is 75.3. The number of carboxylic acids is 1. The van der Waals surface area contributed by atoms with Crippen LogP contribution in [-0.4, -0.2) is 126 Å². The van der Waals surface area contributed by atoms with E-state index >= 15 is 0 Å². The fourth-order valence-electron chi connectivity index (χ4n) is 4.51. The average molecular weight is 654 g/mol. The molecule has 9 unspecified atom stereocenters. The third kappa shape index (κ3) is 8.02. The standard InChI is InChI=1S/C22H33N4O17P/c23-12-3-4-26(21(37)24-12)19-17(34)16(33)11(41-19)8-40-44(38,39)43-22(20(35)36)6-9(29)14(25-13(31)2-1-5-27)18(42-22)15(32)10(30)7-28/h3-5,9-11,14-19,28-30,32-34H,1-2,6-8H2,(H,25,31)(H,35,36)(H,38,39)(H2,23,24,37)/p-2/t9?,10-,11?,14?,15-,16?,17?,18?,19?,22?/m1/s1. The summed E-state index contributed by atoms with van der Waals surface area (Å²) in [6.07, 6.45) is -15.8. The van der Waals surface area contributed by atoms with Gasteiger partial charge in [-0.05, 0) is 6.07 Å². The van der Waals surface area contributed by atoms with Crippen LogP contribution in [0, 0.1) is 0 Å². The van der Waals surface area contributed by atoms with E-state index in [1.807, 2.05) is 0 Å². The first-order chi connectivity index (χ1) is 20.6. The summed E-state index contributed by atoms with van der Waals surface area (Å²) in [5.74, 6) is -6.90. The first-order valence-corrected chi connectivity index (χ1v) is 14.3. The van der Waals surface area contributed by atoms with Crippen LogP contribution in [-0.2, 0) is 37.5 Å². The first kappa shape index (κ1) is 35.6. The third-order valence-electron chi connectivity index (χ3n) is 6.74. The Morgan fingerprint density at radius 1 is 1.32 bits per heavy atom. The number of carboxylic acid groups (broad SMARTS) is 1. The molecule has 0 spiro atoms. The number of aliphatic hydroxyl groups is 6. The summed E-state index contributed by atoms with van der Waals surface area (Å²) in [6, 6.07) is -0.545. The number of phosphoric acid groups is 1. The molecule has 0 aromatic carbocycles. The minimum Gasteiger partial charge on any atom is -0.756 e. The molecule has 22 heteroatoms. The Bertz CT molecular complexity index is 1300. The van der Waals surface area contributed by atoms with E-state index in [1.165, 1.54) is 6.07 Å². The van der Waals surface area contributed by atoms with Crippen LogP contribution in [0.5, 0.6) is 0 Å². The molecule has 44 heavy (non-hydrogen) atoms. The second kappa shape index (κ2) is 14.5. The zero-order chi connectivity index (χ0) is 33.0. The molecule has 0 saturated carbocycles. The summed E-state index contributed by atoms with van der Waals surface area (Å²) < 4.78 is 33.2. The zero-order valence-electron chi connectivity index (χ0n) is 22.6. The number of anilines is 1. The molecule has 21 nitrogen and oxygen atoms in total. The molecule has 3 heterocycles. The van der Waals surface area contributed by atoms with Crippen molar-refractivity contribution in [1.29, 1.82) is 0 Å². The van der Waals surface area contributed by atoms with Crippen LogP contribution in [0.25, 0.3) is 0 Å². The van der Waals surface area contributed by atoms with Crippen LogP contribution in [0.1, 0.15) is 25.5 Å². The van der Waals surface area contributed by atoms with E-state index in [0.717, 1.165) is 10.8 Å². The largest absolute Gasteiger partial charge is 0.756 e. The minimum atomic E-state index is -5.86. The van der Waals surface area contributed by atoms with E-state index in [9.17, 15) is 64.4 Å². The smallest absolute Gasteiger partial charge is 0.351 e. The van der Waals surface area contributed by atoms with Gasteiger partial charge < -0.3 is 75.3 Å². The van der Waals surface area contributed by atoms with Crippen molar-refractivity contribution in [1.82, 2.24) is 14.9 Å². The maximum absolute atomic E-state index is 12.7. The van der Waals surface area contributed by atoms with Crippen molar-refractivity contribution in [2.75, 3.05) is 18.9 Å². The number of rotatable bonds is 14. The number of nitrogens with zero attached hydrogens (tertiary/aromatic N) is 2. The molecule has 1 aromatic heterocycles. The van der Waals surface area contributed by atoms with Gasteiger partial charge in [0.15, 0.2) is 6.23 Å². The molecule has 248 valence electrons. The van der Waals surface area contributed by atoms with Gasteiger partial charge in [0.1, 0.15) is 54.7 Å². The monoisotopic (exact) mass is 654 g/mol. The fraction of sp³-hybridized carbons (Fsp3) is 0.682. The van der Waals surface area contributed by atoms with Crippen molar-refractivity contribution in [2.45, 2.75) is 80.0 Å². The molecule has 1 amide bonds. The maximum Gasteiger partial charge on any atom is 0.351 e. The number of aromatic nitrogens is 2. The lowest BCUT2D eigenvalue weighted by molar-refractivity contribution is -0.377. The van der Waals surface area contributed by atoms with Gasteiger partial charge in [-0.1, -0.05) is 0 Å². The second-order valence-electron chi connectivity index (χ2n) is 9.86. The Balaban J connectivity index is 1.79. The lowest BCUT2D eigenvalue weighted by Crippen LogP contribution is -2.69. The quantitative estimate of drug-likeness (QED) is 0.0682. The number of amides is 1. The van der Waals surface area contributed by atoms with Gasteiger partial charge in [-0.2, -0.15) is 4.98 Å². The predicted octanol–water partition coefficient (Wildman–Crippen LogP) is -7.28. The molecular weight excluding hydrogens is 623 g/mol. The second-order valence-corrected chi connectivity index (χ2v) is 11.2. The highest BCUT2D eigenvalue weighted by Crippen LogP contribution is 2.48. The van der Waals surface area contributed by atoms with E-state index in [1.54, 1.807) is 0 Å². The number of aldehydes is 1. The number of nitrogens with two attached hydrogens (primary N) is 1. The number of aliphatic hydroxyl groups excluding tert-OH is 6. The Morgan fingerprint density at radius 3 is 2.59 bits per heavy atom. The Labute approximate surface area is 247 Å². The number of nitrogens with one attached hydrogen (secondary N) is 1. The Hall–Kier alpha value is -2.92. The Kier molecular flexibility index (Phi) is 11.7. The molecule has 2 aliphatic rings. The zero-order valence-corrected chi connectivity index (χ0v) is 23.5. The average Bonchev–Trinajstić information content (AvgIpc) is 3.23. The van der Waals surface area contributed by atoms with E-state index in [4.69, 9.17) is 15.2 Å². The van der Waals surface area contributed by atoms with Crippen molar-refractivity contribution >= 4 is 31.8 Å². The van der Waals surface area contributed by atoms with Gasteiger partial charge in [-0.25, -0.2) is 4.79 Å². The van der Waals surface area contributed by atoms with Crippen LogP contribution < -0.4 is 26.7 Å². The molecular formula is C22H31N4O17P-2. The van der Waals surface area contributed by atoms with E-state index in [2.05, 4.69) is 19.3 Å². The predicted molar refractivity (Wildman–Crippen MR) is 133 cm³/mol. The van der Waals surface area contributed by atoms with Gasteiger partial charge in [0.25, 0.3) is 7.82 Å². The number of nitrogen functional groups attached to an aromatic ring is 1. The van der Waals surface area contributed by atoms with Crippen LogP contribution in [0.2, 0.25) is 0 Å². The number of carbonyl (C=O) groups excluding carboxylic acids is 3. The normalized spacial score (nSPS) is 33.2. The van der Waals surface area contributed by atoms with Crippen molar-refractivity contribution in [3.8, 4) is 0 Å². The van der Waals surface area contributed by atoms with Gasteiger partial charge in [0.05, 0.1) is 25.4 Å². The van der Waals surface area contributed by atoms with Gasteiger partial charge >= 0.3 is 5.69 Å². The summed E-state index contributed by atoms with van der Waals surface area (Å²) >= 11 is 0. The van der Waals surface area contributed by atoms with Crippen LogP contribution >= 0.6 is 7.82 Å². The van der Waals surface area contributed by atoms with Gasteiger partial charge in [0.2, 0.25) is 11.7 Å². The molecule has 9 N–H and O–H groups in total. The van der Waals surface area contributed by atoms with Crippen molar-refractivity contribution < 1.29 is 78.1 Å². The van der Waals surface area contributed by atoms with Gasteiger partial charge in [-0.15, -0.1) is 0 Å². The molecule has 0 bridgehead atoms. The summed E-state index contributed by atoms with van der Waals surface area (Å²) in [6.45, 7) is -2.25. The number of hydrogen-bond acceptors (Lipinski definition) is 19. The van der Waals surface area contributed by atoms with Crippen LogP contribution in [0.4, 0.5) is 5.82 Å². The summed E-state index contributed by atoms with van der Waals surface area (Å²) in [5.41, 5.74) is 4.42. The first-order valence-electron chi connectivity index (χ1n) is 12.9. The van der Waals surface area contributed by atoms with Gasteiger partial charge in [-0.3, -0.25) is 18.5 Å². The highest BCUT2D eigenvalue weighted by Gasteiger charge is 2.54. The molecule has 2 fully saturated rings. The van der Waals surface area contributed by atoms with E-state index in [-0.39, 0.29) is 12.2 Å². The molecule has 2 aliphatic heterocycles. The van der Waals surface area contributed by atoms with Gasteiger partial charge in [0, 0.05) is 25.5 Å². The van der Waals surface area contributed by atoms with Crippen LogP contribution in [0.15, 0.2) is 17.1 Å². The summed E-state index contributed by atoms with van der Waals surface area (Å²) in [4.78, 5) is 63.1. The van der Waals surface area contributed by atoms with Crippen molar-refractivity contribution in [3.63, 3.8) is 0 Å². The highest BCUT2D eigenvalue weighted by atomic mass is 31.2. The lowest BCUT2D eigenvalue weighted by atomic mass is 9.88. The fourth-order valence-corrected chi connectivity index (χ4v) is 5.45. The molecule has 0 radical (unpaired) electrons. The SMILES string of the molecule is Nc1ccn(C2OC(COP(=O)([O-])OC3(C(=O)[O-])CC(O)C(NC(=O)CCC=O)C([C@H](O)[C@H](O)CO)O3)C(O)C2O)c(=O)n1. The Morgan fingerprint density at radius 2 is 2.00 bits per heavy atom. The third-order valence-corrected chi connectivity index (χ3v) is 7.72. The highest BCUT2D eigenvalue weighted by molar-refractivity contribution is 7.45. The molecule has 1 aromatic rings. The summed E-state index contributed by atoms with van der Waals surface area (Å²) in [7, 11) is -5.86. The number of aliphatic carboxylic acids is 1. The van der Waals surface area contributed by atoms with E-state index < -0.39 is 112 Å². The van der Waals surface area contributed by atoms with Crippen molar-refractivity contribution in [2.24, 2.45) is 0 Å². The molecule has 0 aliphatic carbocycles.